The third-order valence-electron chi connectivity index (χ3n) is 5.00. The van der Waals surface area contributed by atoms with Gasteiger partial charge in [0, 0.05) is 34.4 Å². The first-order valence-electron chi connectivity index (χ1n) is 9.22. The zero-order chi connectivity index (χ0) is 21.5. The minimum atomic E-state index is -3.96. The molecule has 0 aliphatic rings. The third-order valence-corrected chi connectivity index (χ3v) is 6.38. The van der Waals surface area contributed by atoms with Crippen LogP contribution >= 0.6 is 0 Å². The molecule has 1 heterocycles. The highest BCUT2D eigenvalue weighted by atomic mass is 32.2. The molecule has 0 saturated heterocycles. The number of anilines is 1. The molecule has 1 N–H and O–H groups in total. The zero-order valence-corrected chi connectivity index (χ0v) is 17.1. The molecule has 4 aromatic rings. The van der Waals surface area contributed by atoms with E-state index in [-0.39, 0.29) is 22.0 Å². The summed E-state index contributed by atoms with van der Waals surface area (Å²) in [5, 5.41) is 13.0. The molecule has 0 spiro atoms. The largest absolute Gasteiger partial charge is 0.490 e. The number of nitro benzene ring substituents is 1. The normalized spacial score (nSPS) is 11.7. The summed E-state index contributed by atoms with van der Waals surface area (Å²) in [6.07, 6.45) is 0. The second kappa shape index (κ2) is 7.34. The lowest BCUT2D eigenvalue weighted by atomic mass is 10.1. The van der Waals surface area contributed by atoms with Crippen molar-refractivity contribution in [3.8, 4) is 5.75 Å². The van der Waals surface area contributed by atoms with E-state index in [4.69, 9.17) is 4.74 Å². The molecule has 8 nitrogen and oxygen atoms in total. The molecule has 0 bridgehead atoms. The SMILES string of the molecule is CCn1c2ccccc2c2cc(S(=O)(=O)Nc3ccc(OC)c([N+](=O)[O-])c3)ccc21. The Hall–Kier alpha value is -3.59. The van der Waals surface area contributed by atoms with Crippen LogP contribution in [0.25, 0.3) is 21.8 Å². The fourth-order valence-corrected chi connectivity index (χ4v) is 4.73. The van der Waals surface area contributed by atoms with E-state index in [2.05, 4.69) is 9.29 Å². The van der Waals surface area contributed by atoms with Gasteiger partial charge in [0.15, 0.2) is 5.75 Å². The van der Waals surface area contributed by atoms with Crippen molar-refractivity contribution < 1.29 is 18.1 Å². The molecule has 0 fully saturated rings. The molecule has 30 heavy (non-hydrogen) atoms. The lowest BCUT2D eigenvalue weighted by molar-refractivity contribution is -0.385. The van der Waals surface area contributed by atoms with Crippen molar-refractivity contribution in [2.24, 2.45) is 0 Å². The maximum absolute atomic E-state index is 13.0. The Labute approximate surface area is 172 Å². The van der Waals surface area contributed by atoms with Gasteiger partial charge in [0.1, 0.15) is 0 Å². The summed E-state index contributed by atoms with van der Waals surface area (Å²) in [5.74, 6) is 0.0525. The van der Waals surface area contributed by atoms with Gasteiger partial charge in [-0.1, -0.05) is 18.2 Å². The molecular formula is C21H19N3O5S. The van der Waals surface area contributed by atoms with E-state index < -0.39 is 14.9 Å². The summed E-state index contributed by atoms with van der Waals surface area (Å²) in [6, 6.07) is 16.7. The number of nitrogens with one attached hydrogen (secondary N) is 1. The number of hydrogen-bond donors (Lipinski definition) is 1. The molecule has 1 aromatic heterocycles. The molecule has 0 aliphatic heterocycles. The first-order chi connectivity index (χ1) is 14.4. The number of ether oxygens (including phenoxy) is 1. The summed E-state index contributed by atoms with van der Waals surface area (Å²) in [4.78, 5) is 10.7. The molecule has 9 heteroatoms. The molecule has 4 rings (SSSR count). The van der Waals surface area contributed by atoms with Crippen molar-refractivity contribution in [3.05, 3.63) is 70.8 Å². The number of rotatable bonds is 6. The maximum Gasteiger partial charge on any atom is 0.312 e. The van der Waals surface area contributed by atoms with E-state index in [1.165, 1.54) is 25.3 Å². The molecule has 0 radical (unpaired) electrons. The topological polar surface area (TPSA) is 103 Å². The Morgan fingerprint density at radius 2 is 1.77 bits per heavy atom. The van der Waals surface area contributed by atoms with Gasteiger partial charge in [-0.3, -0.25) is 14.8 Å². The number of aryl methyl sites for hydroxylation is 1. The van der Waals surface area contributed by atoms with Crippen LogP contribution in [0.4, 0.5) is 11.4 Å². The van der Waals surface area contributed by atoms with Crippen LogP contribution in [0.2, 0.25) is 0 Å². The van der Waals surface area contributed by atoms with E-state index in [0.717, 1.165) is 34.4 Å². The standard InChI is InChI=1S/C21H19N3O5S/c1-3-23-18-7-5-4-6-16(18)17-13-15(9-10-19(17)23)30(27,28)22-14-8-11-21(29-2)20(12-14)24(25)26/h4-13,22H,3H2,1-2H3. The van der Waals surface area contributed by atoms with Gasteiger partial charge >= 0.3 is 5.69 Å². The Balaban J connectivity index is 1.79. The number of hydrogen-bond acceptors (Lipinski definition) is 5. The van der Waals surface area contributed by atoms with Crippen LogP contribution in [0.15, 0.2) is 65.6 Å². The van der Waals surface area contributed by atoms with Gasteiger partial charge < -0.3 is 9.30 Å². The Morgan fingerprint density at radius 1 is 1.03 bits per heavy atom. The van der Waals surface area contributed by atoms with Crippen molar-refractivity contribution in [2.45, 2.75) is 18.4 Å². The lowest BCUT2D eigenvalue weighted by Crippen LogP contribution is -2.13. The van der Waals surface area contributed by atoms with E-state index in [9.17, 15) is 18.5 Å². The molecule has 0 unspecified atom stereocenters. The number of sulfonamides is 1. The van der Waals surface area contributed by atoms with Crippen LogP contribution < -0.4 is 9.46 Å². The minimum Gasteiger partial charge on any atom is -0.490 e. The lowest BCUT2D eigenvalue weighted by Gasteiger charge is -2.10. The molecule has 0 atom stereocenters. The van der Waals surface area contributed by atoms with Crippen LogP contribution in [-0.4, -0.2) is 25.0 Å². The molecule has 0 saturated carbocycles. The third kappa shape index (κ3) is 3.22. The van der Waals surface area contributed by atoms with Crippen molar-refractivity contribution in [2.75, 3.05) is 11.8 Å². The predicted octanol–water partition coefficient (Wildman–Crippen LogP) is 4.53. The second-order valence-corrected chi connectivity index (χ2v) is 8.37. The van der Waals surface area contributed by atoms with E-state index >= 15 is 0 Å². The van der Waals surface area contributed by atoms with E-state index in [1.54, 1.807) is 12.1 Å². The maximum atomic E-state index is 13.0. The highest BCUT2D eigenvalue weighted by Gasteiger charge is 2.20. The quantitative estimate of drug-likeness (QED) is 0.361. The Bertz CT molecular complexity index is 1390. The van der Waals surface area contributed by atoms with Crippen molar-refractivity contribution >= 4 is 43.2 Å². The van der Waals surface area contributed by atoms with Crippen LogP contribution in [-0.2, 0) is 16.6 Å². The molecule has 154 valence electrons. The molecule has 0 aliphatic carbocycles. The van der Waals surface area contributed by atoms with Gasteiger partial charge in [0.2, 0.25) is 0 Å². The molecular weight excluding hydrogens is 406 g/mol. The number of fused-ring (bicyclic) bond motifs is 3. The summed E-state index contributed by atoms with van der Waals surface area (Å²) < 4.78 is 35.5. The van der Waals surface area contributed by atoms with Gasteiger partial charge in [-0.2, -0.15) is 0 Å². The van der Waals surface area contributed by atoms with E-state index in [0.29, 0.717) is 0 Å². The smallest absolute Gasteiger partial charge is 0.312 e. The average Bonchev–Trinajstić information content (AvgIpc) is 3.06. The van der Waals surface area contributed by atoms with Crippen molar-refractivity contribution in [1.82, 2.24) is 4.57 Å². The van der Waals surface area contributed by atoms with Gasteiger partial charge in [-0.15, -0.1) is 0 Å². The monoisotopic (exact) mass is 425 g/mol. The summed E-state index contributed by atoms with van der Waals surface area (Å²) >= 11 is 0. The fraction of sp³-hybridized carbons (Fsp3) is 0.143. The van der Waals surface area contributed by atoms with E-state index in [1.807, 2.05) is 31.2 Å². The predicted molar refractivity (Wildman–Crippen MR) is 116 cm³/mol. The summed E-state index contributed by atoms with van der Waals surface area (Å²) in [6.45, 7) is 2.79. The van der Waals surface area contributed by atoms with Gasteiger partial charge in [0.25, 0.3) is 10.0 Å². The zero-order valence-electron chi connectivity index (χ0n) is 16.3. The average molecular weight is 425 g/mol. The summed E-state index contributed by atoms with van der Waals surface area (Å²) in [5.41, 5.74) is 1.73. The first kappa shape index (κ1) is 19.7. The van der Waals surface area contributed by atoms with Crippen LogP contribution in [0.1, 0.15) is 6.92 Å². The summed E-state index contributed by atoms with van der Waals surface area (Å²) in [7, 11) is -2.64. The van der Waals surface area contributed by atoms with Crippen LogP contribution in [0.5, 0.6) is 5.75 Å². The molecule has 0 amide bonds. The van der Waals surface area contributed by atoms with Gasteiger partial charge in [0.05, 0.1) is 22.6 Å². The van der Waals surface area contributed by atoms with Crippen molar-refractivity contribution in [1.29, 1.82) is 0 Å². The molecule has 3 aromatic carbocycles. The number of para-hydroxylation sites is 1. The number of benzene rings is 3. The number of nitro groups is 1. The highest BCUT2D eigenvalue weighted by Crippen LogP contribution is 2.33. The van der Waals surface area contributed by atoms with Crippen LogP contribution in [0, 0.1) is 10.1 Å². The first-order valence-corrected chi connectivity index (χ1v) is 10.7. The fourth-order valence-electron chi connectivity index (χ4n) is 3.65. The van der Waals surface area contributed by atoms with Gasteiger partial charge in [-0.05, 0) is 43.3 Å². The Morgan fingerprint density at radius 3 is 2.47 bits per heavy atom. The number of nitrogens with zero attached hydrogens (tertiary/aromatic N) is 2. The van der Waals surface area contributed by atoms with Crippen LogP contribution in [0.3, 0.4) is 0 Å². The number of aromatic nitrogens is 1. The Kier molecular flexibility index (Phi) is 4.83. The van der Waals surface area contributed by atoms with Gasteiger partial charge in [-0.25, -0.2) is 8.42 Å². The second-order valence-electron chi connectivity index (χ2n) is 6.69. The van der Waals surface area contributed by atoms with Crippen molar-refractivity contribution in [3.63, 3.8) is 0 Å². The highest BCUT2D eigenvalue weighted by molar-refractivity contribution is 7.92. The number of methoxy groups -OCH3 is 1. The minimum absolute atomic E-state index is 0.0525.